The number of hydrogen-bond donors (Lipinski definition) is 1. The average Bonchev–Trinajstić information content (AvgIpc) is 3.06. The van der Waals surface area contributed by atoms with Crippen LogP contribution in [0.5, 0.6) is 0 Å². The highest BCUT2D eigenvalue weighted by molar-refractivity contribution is 7.99. The van der Waals surface area contributed by atoms with Gasteiger partial charge in [-0.15, -0.1) is 0 Å². The minimum absolute atomic E-state index is 0.0765. The van der Waals surface area contributed by atoms with Crippen LogP contribution in [-0.4, -0.2) is 28.2 Å². The Labute approximate surface area is 161 Å². The molecule has 0 unspecified atom stereocenters. The normalized spacial score (nSPS) is 10.7. The number of para-hydroxylation sites is 2. The van der Waals surface area contributed by atoms with Crippen LogP contribution in [0, 0.1) is 18.3 Å². The maximum atomic E-state index is 12.8. The van der Waals surface area contributed by atoms with E-state index in [1.807, 2.05) is 37.3 Å². The van der Waals surface area contributed by atoms with Gasteiger partial charge in [0.15, 0.2) is 5.16 Å². The number of aromatic amines is 1. The molecule has 0 aliphatic heterocycles. The number of anilines is 1. The minimum atomic E-state index is -0.0765. The number of nitrogens with one attached hydrogen (secondary N) is 1. The average molecular weight is 385 g/mol. The highest BCUT2D eigenvalue weighted by Gasteiger charge is 2.17. The molecule has 0 radical (unpaired) electrons. The molecule has 3 rings (SSSR count). The largest absolute Gasteiger partial charge is 0.333 e. The van der Waals surface area contributed by atoms with Gasteiger partial charge in [-0.1, -0.05) is 35.5 Å². The monoisotopic (exact) mass is 384 g/mol. The van der Waals surface area contributed by atoms with Crippen molar-refractivity contribution in [2.75, 3.05) is 17.2 Å². The SMILES string of the molecule is Cc1cc(N(CCC#N)C(=O)CSc2nc3ccccc3[nH]2)ccc1Cl. The van der Waals surface area contributed by atoms with Crippen molar-refractivity contribution < 1.29 is 4.79 Å². The molecule has 0 aliphatic carbocycles. The zero-order valence-electron chi connectivity index (χ0n) is 14.2. The van der Waals surface area contributed by atoms with Crippen molar-refractivity contribution in [1.29, 1.82) is 5.26 Å². The molecule has 1 amide bonds. The Hall–Kier alpha value is -2.49. The van der Waals surface area contributed by atoms with E-state index in [4.69, 9.17) is 16.9 Å². The Morgan fingerprint density at radius 1 is 1.35 bits per heavy atom. The third-order valence-corrected chi connectivity index (χ3v) is 5.18. The van der Waals surface area contributed by atoms with Crippen molar-refractivity contribution in [3.8, 4) is 6.07 Å². The van der Waals surface area contributed by atoms with Crippen LogP contribution in [0.2, 0.25) is 5.02 Å². The summed E-state index contributed by atoms with van der Waals surface area (Å²) in [6.45, 7) is 2.24. The maximum Gasteiger partial charge on any atom is 0.237 e. The Bertz CT molecular complexity index is 946. The first kappa shape index (κ1) is 18.3. The first-order valence-corrected chi connectivity index (χ1v) is 9.46. The first-order valence-electron chi connectivity index (χ1n) is 8.09. The summed E-state index contributed by atoms with van der Waals surface area (Å²) in [5.74, 6) is 0.153. The topological polar surface area (TPSA) is 72.8 Å². The van der Waals surface area contributed by atoms with Crippen LogP contribution in [0.15, 0.2) is 47.6 Å². The number of nitriles is 1. The number of fused-ring (bicyclic) bond motifs is 1. The van der Waals surface area contributed by atoms with E-state index in [-0.39, 0.29) is 18.1 Å². The van der Waals surface area contributed by atoms with Gasteiger partial charge < -0.3 is 9.88 Å². The molecule has 2 aromatic carbocycles. The molecular formula is C19H17ClN4OS. The van der Waals surface area contributed by atoms with Gasteiger partial charge >= 0.3 is 0 Å². The second-order valence-electron chi connectivity index (χ2n) is 5.73. The molecule has 1 heterocycles. The Morgan fingerprint density at radius 2 is 2.15 bits per heavy atom. The highest BCUT2D eigenvalue weighted by atomic mass is 35.5. The zero-order valence-corrected chi connectivity index (χ0v) is 15.8. The molecule has 0 atom stereocenters. The molecule has 1 aromatic heterocycles. The second-order valence-corrected chi connectivity index (χ2v) is 7.11. The van der Waals surface area contributed by atoms with E-state index in [9.17, 15) is 4.79 Å². The molecule has 132 valence electrons. The number of amides is 1. The number of aromatic nitrogens is 2. The molecule has 0 saturated heterocycles. The fourth-order valence-corrected chi connectivity index (χ4v) is 3.44. The molecule has 26 heavy (non-hydrogen) atoms. The van der Waals surface area contributed by atoms with Crippen LogP contribution < -0.4 is 4.90 Å². The lowest BCUT2D eigenvalue weighted by Gasteiger charge is -2.22. The van der Waals surface area contributed by atoms with Crippen LogP contribution in [0.1, 0.15) is 12.0 Å². The number of aryl methyl sites for hydroxylation is 1. The molecule has 0 saturated carbocycles. The lowest BCUT2D eigenvalue weighted by Crippen LogP contribution is -2.33. The summed E-state index contributed by atoms with van der Waals surface area (Å²) < 4.78 is 0. The summed E-state index contributed by atoms with van der Waals surface area (Å²) in [6.07, 6.45) is 0.267. The fourth-order valence-electron chi connectivity index (χ4n) is 2.56. The quantitative estimate of drug-likeness (QED) is 0.632. The van der Waals surface area contributed by atoms with Crippen molar-refractivity contribution in [1.82, 2.24) is 9.97 Å². The molecule has 0 spiro atoms. The van der Waals surface area contributed by atoms with Gasteiger partial charge in [-0.05, 0) is 42.8 Å². The number of carbonyl (C=O) groups is 1. The van der Waals surface area contributed by atoms with Crippen LogP contribution in [0.3, 0.4) is 0 Å². The Balaban J connectivity index is 1.74. The second kappa shape index (κ2) is 8.26. The number of thioether (sulfide) groups is 1. The maximum absolute atomic E-state index is 12.8. The third-order valence-electron chi connectivity index (χ3n) is 3.90. The van der Waals surface area contributed by atoms with Gasteiger partial charge in [0.05, 0.1) is 29.3 Å². The van der Waals surface area contributed by atoms with Gasteiger partial charge in [0, 0.05) is 17.3 Å². The predicted octanol–water partition coefficient (Wildman–Crippen LogP) is 4.56. The lowest BCUT2D eigenvalue weighted by molar-refractivity contribution is -0.116. The van der Waals surface area contributed by atoms with Crippen LogP contribution in [0.25, 0.3) is 11.0 Å². The van der Waals surface area contributed by atoms with Crippen molar-refractivity contribution in [2.24, 2.45) is 0 Å². The number of imidazole rings is 1. The van der Waals surface area contributed by atoms with Crippen LogP contribution in [0.4, 0.5) is 5.69 Å². The van der Waals surface area contributed by atoms with Gasteiger partial charge in [-0.25, -0.2) is 4.98 Å². The Morgan fingerprint density at radius 3 is 2.88 bits per heavy atom. The van der Waals surface area contributed by atoms with Crippen molar-refractivity contribution in [3.63, 3.8) is 0 Å². The molecule has 7 heteroatoms. The van der Waals surface area contributed by atoms with E-state index in [1.54, 1.807) is 17.0 Å². The van der Waals surface area contributed by atoms with E-state index >= 15 is 0 Å². The van der Waals surface area contributed by atoms with E-state index in [0.717, 1.165) is 22.3 Å². The molecule has 1 N–H and O–H groups in total. The molecule has 3 aromatic rings. The number of rotatable bonds is 6. The molecule has 5 nitrogen and oxygen atoms in total. The number of halogens is 1. The fraction of sp³-hybridized carbons (Fsp3) is 0.211. The van der Waals surface area contributed by atoms with E-state index in [1.165, 1.54) is 11.8 Å². The zero-order chi connectivity index (χ0) is 18.5. The number of nitrogens with zero attached hydrogens (tertiary/aromatic N) is 3. The molecular weight excluding hydrogens is 368 g/mol. The summed E-state index contributed by atoms with van der Waals surface area (Å²) in [5.41, 5.74) is 3.45. The highest BCUT2D eigenvalue weighted by Crippen LogP contribution is 2.25. The number of hydrogen-bond acceptors (Lipinski definition) is 4. The van der Waals surface area contributed by atoms with E-state index in [2.05, 4.69) is 16.0 Å². The predicted molar refractivity (Wildman–Crippen MR) is 106 cm³/mol. The summed E-state index contributed by atoms with van der Waals surface area (Å²) in [6, 6.07) is 15.3. The van der Waals surface area contributed by atoms with Crippen LogP contribution in [-0.2, 0) is 4.79 Å². The molecule has 0 bridgehead atoms. The van der Waals surface area contributed by atoms with Crippen LogP contribution >= 0.6 is 23.4 Å². The third kappa shape index (κ3) is 4.18. The van der Waals surface area contributed by atoms with Crippen molar-refractivity contribution in [2.45, 2.75) is 18.5 Å². The molecule has 0 aliphatic rings. The number of carbonyl (C=O) groups excluding carboxylic acids is 1. The Kier molecular flexibility index (Phi) is 5.82. The van der Waals surface area contributed by atoms with Crippen molar-refractivity contribution >= 4 is 46.0 Å². The smallest absolute Gasteiger partial charge is 0.237 e. The number of benzene rings is 2. The first-order chi connectivity index (χ1) is 12.6. The van der Waals surface area contributed by atoms with Crippen molar-refractivity contribution in [3.05, 3.63) is 53.1 Å². The summed E-state index contributed by atoms with van der Waals surface area (Å²) in [5, 5.41) is 10.3. The standard InChI is InChI=1S/C19H17ClN4OS/c1-13-11-14(7-8-15(13)20)24(10-4-9-21)18(25)12-26-19-22-16-5-2-3-6-17(16)23-19/h2-3,5-8,11H,4,10,12H2,1H3,(H,22,23). The molecule has 0 fully saturated rings. The summed E-state index contributed by atoms with van der Waals surface area (Å²) >= 11 is 7.43. The lowest BCUT2D eigenvalue weighted by atomic mass is 10.2. The van der Waals surface area contributed by atoms with E-state index in [0.29, 0.717) is 16.7 Å². The van der Waals surface area contributed by atoms with Gasteiger partial charge in [0.2, 0.25) is 5.91 Å². The number of H-pyrrole nitrogens is 1. The van der Waals surface area contributed by atoms with E-state index < -0.39 is 0 Å². The summed E-state index contributed by atoms with van der Waals surface area (Å²) in [4.78, 5) is 22.1. The van der Waals surface area contributed by atoms with Gasteiger partial charge in [0.1, 0.15) is 0 Å². The summed E-state index contributed by atoms with van der Waals surface area (Å²) in [7, 11) is 0. The van der Waals surface area contributed by atoms with Gasteiger partial charge in [0.25, 0.3) is 0 Å². The van der Waals surface area contributed by atoms with Gasteiger partial charge in [-0.2, -0.15) is 5.26 Å². The van der Waals surface area contributed by atoms with Gasteiger partial charge in [-0.3, -0.25) is 4.79 Å². The minimum Gasteiger partial charge on any atom is -0.333 e.